The Kier molecular flexibility index (Phi) is 22.1. The molecule has 15 rings (SSSR count). The number of benzene rings is 4. The minimum Gasteiger partial charge on any atom is -0.497 e. The van der Waals surface area contributed by atoms with Crippen LogP contribution in [0.2, 0.25) is 10.0 Å². The predicted octanol–water partition coefficient (Wildman–Crippen LogP) is 10.7. The zero-order chi connectivity index (χ0) is 76.9. The van der Waals surface area contributed by atoms with Gasteiger partial charge in [-0.05, 0) is 87.5 Å². The van der Waals surface area contributed by atoms with Crippen LogP contribution in [0.3, 0.4) is 0 Å². The highest BCUT2D eigenvalue weighted by Crippen LogP contribution is 2.40. The maximum atomic E-state index is 13.8. The predicted molar refractivity (Wildman–Crippen MR) is 406 cm³/mol. The number of carbonyl (C=O) groups excluding carboxylic acids is 2. The first-order chi connectivity index (χ1) is 51.1. The summed E-state index contributed by atoms with van der Waals surface area (Å²) in [4.78, 5) is 65.6. The normalized spacial score (nSPS) is 11.1. The van der Waals surface area contributed by atoms with Gasteiger partial charge in [-0.25, -0.2) is 86.8 Å². The Balaban J connectivity index is 0.000000134. The number of alkyl carbamates (subject to hydrolysis) is 1. The van der Waals surface area contributed by atoms with Crippen molar-refractivity contribution in [3.8, 4) is 72.8 Å². The molecule has 0 aliphatic heterocycles. The highest BCUT2D eigenvalue weighted by molar-refractivity contribution is 7.15. The van der Waals surface area contributed by atoms with Gasteiger partial charge in [0.05, 0.1) is 69.7 Å². The van der Waals surface area contributed by atoms with Crippen molar-refractivity contribution in [3.63, 3.8) is 0 Å². The molecule has 550 valence electrons. The van der Waals surface area contributed by atoms with Crippen molar-refractivity contribution in [2.24, 2.45) is 35.2 Å². The molecule has 0 unspecified atom stereocenters. The summed E-state index contributed by atoms with van der Waals surface area (Å²) in [5.41, 5.74) is 38.9. The average Bonchev–Trinajstić information content (AvgIpc) is 1.63. The van der Waals surface area contributed by atoms with E-state index in [4.69, 9.17) is 66.1 Å². The van der Waals surface area contributed by atoms with Crippen LogP contribution in [0.15, 0.2) is 117 Å². The fourth-order valence-electron chi connectivity index (χ4n) is 11.0. The number of nitrogens with two attached hydrogens (primary N) is 5. The molecule has 0 fully saturated rings. The summed E-state index contributed by atoms with van der Waals surface area (Å²) in [7, 11) is 13.3. The van der Waals surface area contributed by atoms with E-state index in [2.05, 4.69) is 90.7 Å². The van der Waals surface area contributed by atoms with Gasteiger partial charge in [0.1, 0.15) is 106 Å². The number of carbonyl (C=O) groups is 2. The Labute approximate surface area is 621 Å². The summed E-state index contributed by atoms with van der Waals surface area (Å²) >= 11 is 13.8. The molecule has 2 amide bonds. The molecule has 0 radical (unpaired) electrons. The quantitative estimate of drug-likeness (QED) is 0.0632. The average molecular weight is 1510 g/mol. The molecule has 4 aromatic carbocycles. The largest absolute Gasteiger partial charge is 0.497 e. The molecule has 15 aromatic rings. The molecular formula is C69H69Cl2F2N27O6S. The van der Waals surface area contributed by atoms with Crippen LogP contribution in [0.1, 0.15) is 32.6 Å². The van der Waals surface area contributed by atoms with E-state index >= 15 is 0 Å². The van der Waals surface area contributed by atoms with E-state index in [-0.39, 0.29) is 17.3 Å². The Morgan fingerprint density at radius 2 is 0.897 bits per heavy atom. The molecule has 38 heteroatoms. The molecule has 0 bridgehead atoms. The van der Waals surface area contributed by atoms with Crippen LogP contribution in [0, 0.1) is 11.6 Å². The Bertz CT molecular complexity index is 5820. The lowest BCUT2D eigenvalue weighted by Crippen LogP contribution is -2.31. The third kappa shape index (κ3) is 16.2. The zero-order valence-corrected chi connectivity index (χ0v) is 61.7. The number of aryl methyl sites for hydroxylation is 5. The first-order valence-corrected chi connectivity index (χ1v) is 33.4. The van der Waals surface area contributed by atoms with Gasteiger partial charge in [-0.2, -0.15) is 25.5 Å². The van der Waals surface area contributed by atoms with E-state index in [0.717, 1.165) is 71.8 Å². The molecule has 12 N–H and O–H groups in total. The number of aromatic nitrogens is 20. The zero-order valence-electron chi connectivity index (χ0n) is 59.4. The maximum Gasteiger partial charge on any atom is 0.407 e. The van der Waals surface area contributed by atoms with Crippen LogP contribution >= 0.6 is 34.5 Å². The van der Waals surface area contributed by atoms with Crippen LogP contribution in [0.5, 0.6) is 17.2 Å². The number of ether oxygens (including phenoxy) is 4. The van der Waals surface area contributed by atoms with Crippen molar-refractivity contribution >= 4 is 136 Å². The van der Waals surface area contributed by atoms with Crippen molar-refractivity contribution in [2.75, 3.05) is 55.3 Å². The highest BCUT2D eigenvalue weighted by atomic mass is 35.5. The van der Waals surface area contributed by atoms with Crippen LogP contribution in [-0.4, -0.2) is 138 Å². The van der Waals surface area contributed by atoms with Gasteiger partial charge in [-0.15, -0.1) is 11.3 Å². The molecule has 0 atom stereocenters. The third-order valence-electron chi connectivity index (χ3n) is 15.8. The summed E-state index contributed by atoms with van der Waals surface area (Å²) in [6.45, 7) is 7.34. The van der Waals surface area contributed by atoms with Gasteiger partial charge in [-0.3, -0.25) is 4.79 Å². The number of rotatable bonds is 11. The fourth-order valence-corrected chi connectivity index (χ4v) is 12.4. The number of amides is 2. The Hall–Kier alpha value is -13.1. The van der Waals surface area contributed by atoms with Crippen molar-refractivity contribution in [1.82, 2.24) is 104 Å². The van der Waals surface area contributed by atoms with Gasteiger partial charge < -0.3 is 58.2 Å². The molecule has 0 spiro atoms. The number of hydrogen-bond acceptors (Lipinski definition) is 27. The molecule has 11 heterocycles. The first-order valence-electron chi connectivity index (χ1n) is 31.9. The van der Waals surface area contributed by atoms with Gasteiger partial charge in [0.25, 0.3) is 0 Å². The van der Waals surface area contributed by atoms with E-state index in [0.29, 0.717) is 107 Å². The number of fused-ring (bicyclic) bond motifs is 5. The van der Waals surface area contributed by atoms with Gasteiger partial charge in [-0.1, -0.05) is 41.4 Å². The Morgan fingerprint density at radius 1 is 0.486 bits per heavy atom. The maximum absolute atomic E-state index is 13.8. The smallest absolute Gasteiger partial charge is 0.407 e. The number of nitrogen functional groups attached to an aromatic ring is 5. The minimum absolute atomic E-state index is 0.108. The lowest BCUT2D eigenvalue weighted by Gasteiger charge is -2.19. The van der Waals surface area contributed by atoms with E-state index < -0.39 is 29.1 Å². The topological polar surface area (TPSA) is 443 Å². The van der Waals surface area contributed by atoms with Gasteiger partial charge in [0.2, 0.25) is 5.91 Å². The highest BCUT2D eigenvalue weighted by Gasteiger charge is 2.24. The SMILES string of the molecule is CC(=O)Nc1ccc(-c2nn(C)c3ncnc(N)c23)cc1.COc1c(F)cc(-c2nn(C)c3ncnc(N)c23)cc1F.COc1cc(-c2nn(C)c3ncnc(N)c23)ccc1Cl.COc1ccc(Cl)c(-c2nn(C)c3ncnc(N)c23)c1.Cn1nc(-c2ccc(CNC(=O)OC(C)(C)C)s2)c2c(N)ncnc21. The van der Waals surface area contributed by atoms with E-state index in [9.17, 15) is 18.4 Å². The van der Waals surface area contributed by atoms with E-state index in [1.807, 2.05) is 96.5 Å². The first kappa shape index (κ1) is 75.1. The molecule has 0 saturated carbocycles. The number of anilines is 6. The lowest BCUT2D eigenvalue weighted by molar-refractivity contribution is -0.114. The monoisotopic (exact) mass is 1510 g/mol. The number of methoxy groups -OCH3 is 3. The van der Waals surface area contributed by atoms with Crippen LogP contribution < -0.4 is 53.5 Å². The minimum atomic E-state index is -0.818. The Morgan fingerprint density at radius 3 is 1.34 bits per heavy atom. The lowest BCUT2D eigenvalue weighted by atomic mass is 10.1. The summed E-state index contributed by atoms with van der Waals surface area (Å²) < 4.78 is 56.2. The van der Waals surface area contributed by atoms with Crippen molar-refractivity contribution in [3.05, 3.63) is 143 Å². The molecule has 0 aliphatic carbocycles. The van der Waals surface area contributed by atoms with Gasteiger partial charge >= 0.3 is 6.09 Å². The van der Waals surface area contributed by atoms with Crippen molar-refractivity contribution in [1.29, 1.82) is 0 Å². The summed E-state index contributed by atoms with van der Waals surface area (Å²) in [5, 5.41) is 32.0. The molecule has 11 aromatic heterocycles. The number of hydrogen-bond donors (Lipinski definition) is 7. The second-order valence-electron chi connectivity index (χ2n) is 24.2. The summed E-state index contributed by atoms with van der Waals surface area (Å²) in [5.74, 6) is 0.847. The molecule has 33 nitrogen and oxygen atoms in total. The number of halogens is 4. The third-order valence-corrected chi connectivity index (χ3v) is 17.5. The van der Waals surface area contributed by atoms with Gasteiger partial charge in [0, 0.05) is 75.0 Å². The number of thiophene rings is 1. The second-order valence-corrected chi connectivity index (χ2v) is 26.2. The molecule has 0 saturated heterocycles. The fraction of sp³-hybridized carbons (Fsp3) is 0.203. The standard InChI is InChI=1S/C16H20N6O2S.C14H14N6O.2C13H12ClN5O.C13H11F2N5O/c1-16(2,3)24-15(23)18-7-9-5-6-10(25-9)12-11-13(17)19-8-20-14(11)22(4)21-12;1-8(21)18-10-5-3-9(4-6-10)12-11-13(15)16-7-17-14(11)20(2)19-12;1-19-13-10(12(15)16-6-17-13)11(18-19)8-5-7(20-2)3-4-9(8)14;1-19-13-10(12(15)16-6-17-13)11(18-19)7-3-4-8(14)9(5-7)20-2;1-20-13-9(12(16)17-5-18-13)10(19-20)6-3-7(14)11(21-2)8(15)4-6/h5-6,8H,7H2,1-4H3,(H,18,23)(H2,17,19,20);3-7H,1-2H3,(H,18,21)(H2,15,16,17);2*3-6H,1-2H3,(H2,15,16,17);3-5H,1-2H3,(H2,16,17,18). The van der Waals surface area contributed by atoms with E-state index in [1.54, 1.807) is 65.2 Å². The van der Waals surface area contributed by atoms with Crippen molar-refractivity contribution < 1.29 is 37.3 Å². The summed E-state index contributed by atoms with van der Waals surface area (Å²) in [6, 6.07) is 24.3. The second kappa shape index (κ2) is 31.5. The van der Waals surface area contributed by atoms with Crippen LogP contribution in [0.4, 0.5) is 48.4 Å². The van der Waals surface area contributed by atoms with E-state index in [1.165, 1.54) is 61.7 Å². The number of nitrogens with zero attached hydrogens (tertiary/aromatic N) is 20. The number of nitrogens with one attached hydrogen (secondary N) is 2. The molecule has 0 aliphatic rings. The van der Waals surface area contributed by atoms with Crippen LogP contribution in [-0.2, 0) is 51.3 Å². The summed E-state index contributed by atoms with van der Waals surface area (Å²) in [6.07, 6.45) is 6.54. The molecule has 107 heavy (non-hydrogen) atoms. The van der Waals surface area contributed by atoms with Crippen molar-refractivity contribution in [2.45, 2.75) is 39.8 Å². The van der Waals surface area contributed by atoms with Crippen LogP contribution in [0.25, 0.3) is 111 Å². The molecular weight excluding hydrogens is 1440 g/mol. The van der Waals surface area contributed by atoms with Gasteiger partial charge in [0.15, 0.2) is 45.6 Å².